The number of benzene rings is 3. The average molecular weight is 583 g/mol. The molecule has 3 aromatic rings. The Morgan fingerprint density at radius 1 is 0.814 bits per heavy atom. The second-order valence-electron chi connectivity index (χ2n) is 11.9. The number of rotatable bonds is 8. The first-order chi connectivity index (χ1) is 20.7. The van der Waals surface area contributed by atoms with Gasteiger partial charge in [0.2, 0.25) is 5.91 Å². The zero-order valence-corrected chi connectivity index (χ0v) is 25.7. The molecule has 4 atom stereocenters. The minimum Gasteiger partial charge on any atom is -0.467 e. The van der Waals surface area contributed by atoms with Crippen molar-refractivity contribution in [3.05, 3.63) is 108 Å². The van der Waals surface area contributed by atoms with Gasteiger partial charge in [0.25, 0.3) is 0 Å². The topological polar surface area (TPSA) is 73.2 Å². The molecular formula is C35H42N4O4. The van der Waals surface area contributed by atoms with E-state index >= 15 is 0 Å². The van der Waals surface area contributed by atoms with Crippen molar-refractivity contribution in [1.82, 2.24) is 19.6 Å². The molecule has 0 aliphatic carbocycles. The van der Waals surface area contributed by atoms with Crippen molar-refractivity contribution in [3.8, 4) is 0 Å². The molecule has 8 nitrogen and oxygen atoms in total. The van der Waals surface area contributed by atoms with E-state index in [1.54, 1.807) is 11.9 Å². The van der Waals surface area contributed by atoms with Gasteiger partial charge in [0, 0.05) is 39.3 Å². The van der Waals surface area contributed by atoms with E-state index in [1.165, 1.54) is 12.0 Å². The maximum atomic E-state index is 14.2. The highest BCUT2D eigenvalue weighted by Gasteiger charge is 2.57. The number of amides is 3. The van der Waals surface area contributed by atoms with E-state index < -0.39 is 17.6 Å². The van der Waals surface area contributed by atoms with E-state index in [0.717, 1.165) is 16.7 Å². The number of urea groups is 1. The Bertz CT molecular complexity index is 1320. The summed E-state index contributed by atoms with van der Waals surface area (Å²) < 4.78 is 4.96. The van der Waals surface area contributed by atoms with Gasteiger partial charge < -0.3 is 19.4 Å². The van der Waals surface area contributed by atoms with Gasteiger partial charge in [0.05, 0.1) is 12.6 Å². The molecule has 0 aromatic heterocycles. The Labute approximate surface area is 254 Å². The van der Waals surface area contributed by atoms with Crippen LogP contribution in [0.2, 0.25) is 0 Å². The van der Waals surface area contributed by atoms with Crippen molar-refractivity contribution in [2.24, 2.45) is 5.92 Å². The van der Waals surface area contributed by atoms with Gasteiger partial charge in [-0.1, -0.05) is 105 Å². The fraction of sp³-hybridized carbons (Fsp3) is 0.400. The molecule has 2 saturated heterocycles. The molecule has 0 spiro atoms. The first-order valence-corrected chi connectivity index (χ1v) is 15.0. The molecule has 1 unspecified atom stereocenters. The van der Waals surface area contributed by atoms with E-state index in [2.05, 4.69) is 77.7 Å². The molecule has 226 valence electrons. The molecule has 5 rings (SSSR count). The molecular weight excluding hydrogens is 540 g/mol. The summed E-state index contributed by atoms with van der Waals surface area (Å²) in [5, 5.41) is 0. The van der Waals surface area contributed by atoms with Gasteiger partial charge in [-0.25, -0.2) is 9.59 Å². The fourth-order valence-electron chi connectivity index (χ4n) is 6.75. The normalized spacial score (nSPS) is 20.8. The van der Waals surface area contributed by atoms with Crippen LogP contribution in [0.1, 0.15) is 37.5 Å². The number of carbonyl (C=O) groups is 3. The molecule has 8 heteroatoms. The van der Waals surface area contributed by atoms with Crippen molar-refractivity contribution >= 4 is 17.9 Å². The maximum absolute atomic E-state index is 14.2. The van der Waals surface area contributed by atoms with Crippen LogP contribution in [0.15, 0.2) is 91.0 Å². The Kier molecular flexibility index (Phi) is 8.87. The number of hydrogen-bond donors (Lipinski definition) is 0. The van der Waals surface area contributed by atoms with E-state index in [4.69, 9.17) is 4.74 Å². The quantitative estimate of drug-likeness (QED) is 0.223. The van der Waals surface area contributed by atoms with Crippen LogP contribution in [-0.4, -0.2) is 96.0 Å². The van der Waals surface area contributed by atoms with Crippen LogP contribution in [0, 0.1) is 5.92 Å². The summed E-state index contributed by atoms with van der Waals surface area (Å²) in [6.07, 6.45) is 0. The van der Waals surface area contributed by atoms with Crippen LogP contribution in [0.4, 0.5) is 4.79 Å². The van der Waals surface area contributed by atoms with Crippen LogP contribution in [0.3, 0.4) is 0 Å². The number of nitrogens with zero attached hydrogens (tertiary/aromatic N) is 4. The third-order valence-electron chi connectivity index (χ3n) is 8.88. The second kappa shape index (κ2) is 12.6. The summed E-state index contributed by atoms with van der Waals surface area (Å²) in [5.41, 5.74) is 2.70. The zero-order chi connectivity index (χ0) is 30.7. The molecule has 2 aliphatic heterocycles. The SMILES string of the molecule is COC(=O)[C@H](C(C)C)N(C)C(=O)N1CCN(C(=O)[C@H]2CN2C(c2ccccc2)(c2ccccc2)c2ccccc2)[C@@H](C)C1. The highest BCUT2D eigenvalue weighted by molar-refractivity contribution is 5.87. The lowest BCUT2D eigenvalue weighted by Gasteiger charge is -2.43. The van der Waals surface area contributed by atoms with Crippen LogP contribution < -0.4 is 0 Å². The Hall–Kier alpha value is -4.17. The first kappa shape index (κ1) is 30.3. The van der Waals surface area contributed by atoms with Crippen LogP contribution >= 0.6 is 0 Å². The first-order valence-electron chi connectivity index (χ1n) is 15.0. The predicted octanol–water partition coefficient (Wildman–Crippen LogP) is 4.44. The summed E-state index contributed by atoms with van der Waals surface area (Å²) in [5.74, 6) is -0.448. The molecule has 2 heterocycles. The lowest BCUT2D eigenvalue weighted by molar-refractivity contribution is -0.147. The van der Waals surface area contributed by atoms with Crippen molar-refractivity contribution < 1.29 is 19.1 Å². The van der Waals surface area contributed by atoms with Gasteiger partial charge in [0.1, 0.15) is 12.1 Å². The average Bonchev–Trinajstić information content (AvgIpc) is 3.83. The van der Waals surface area contributed by atoms with E-state index in [1.807, 2.05) is 43.9 Å². The van der Waals surface area contributed by atoms with E-state index in [-0.39, 0.29) is 29.9 Å². The van der Waals surface area contributed by atoms with Crippen molar-refractivity contribution in [1.29, 1.82) is 0 Å². The number of carbonyl (C=O) groups excluding carboxylic acids is 3. The van der Waals surface area contributed by atoms with Crippen LogP contribution in [0.25, 0.3) is 0 Å². The Morgan fingerprint density at radius 3 is 1.72 bits per heavy atom. The number of hydrogen-bond acceptors (Lipinski definition) is 5. The summed E-state index contributed by atoms with van der Waals surface area (Å²) in [6, 6.07) is 29.8. The number of esters is 1. The highest BCUT2D eigenvalue weighted by atomic mass is 16.5. The van der Waals surface area contributed by atoms with Gasteiger partial charge in [-0.2, -0.15) is 0 Å². The largest absolute Gasteiger partial charge is 0.467 e. The minimum atomic E-state index is -0.672. The van der Waals surface area contributed by atoms with Gasteiger partial charge in [-0.15, -0.1) is 0 Å². The van der Waals surface area contributed by atoms with Gasteiger partial charge in [-0.05, 0) is 29.5 Å². The molecule has 0 bridgehead atoms. The third-order valence-corrected chi connectivity index (χ3v) is 8.88. The molecule has 3 aromatic carbocycles. The van der Waals surface area contributed by atoms with Crippen LogP contribution in [-0.2, 0) is 19.9 Å². The molecule has 43 heavy (non-hydrogen) atoms. The number of piperazine rings is 1. The second-order valence-corrected chi connectivity index (χ2v) is 11.9. The van der Waals surface area contributed by atoms with E-state index in [0.29, 0.717) is 26.2 Å². The number of likely N-dealkylation sites (N-methyl/N-ethyl adjacent to an activating group) is 1. The monoisotopic (exact) mass is 582 g/mol. The molecule has 2 fully saturated rings. The minimum absolute atomic E-state index is 0.0785. The summed E-state index contributed by atoms with van der Waals surface area (Å²) in [4.78, 5) is 47.4. The van der Waals surface area contributed by atoms with Crippen molar-refractivity contribution in [3.63, 3.8) is 0 Å². The Balaban J connectivity index is 1.38. The standard InChI is InChI=1S/C35H42N4O4/c1-25(2)31(33(41)43-5)36(4)34(42)37-21-22-38(26(3)23-37)32(40)30-24-39(30)35(27-15-9-6-10-16-27,28-17-11-7-12-18-28)29-19-13-8-14-20-29/h6-20,25-26,30-31H,21-24H2,1-5H3/t26-,30+,31-,39?/m0/s1. The van der Waals surface area contributed by atoms with E-state index in [9.17, 15) is 14.4 Å². The summed E-state index contributed by atoms with van der Waals surface area (Å²) in [6.45, 7) is 7.64. The van der Waals surface area contributed by atoms with Gasteiger partial charge in [-0.3, -0.25) is 9.69 Å². The number of methoxy groups -OCH3 is 1. The molecule has 0 N–H and O–H groups in total. The summed E-state index contributed by atoms with van der Waals surface area (Å²) in [7, 11) is 2.98. The molecule has 2 aliphatic rings. The lowest BCUT2D eigenvalue weighted by atomic mass is 9.76. The van der Waals surface area contributed by atoms with Crippen molar-refractivity contribution in [2.45, 2.75) is 44.4 Å². The van der Waals surface area contributed by atoms with Crippen molar-refractivity contribution in [2.75, 3.05) is 40.3 Å². The zero-order valence-electron chi connectivity index (χ0n) is 25.7. The number of ether oxygens (including phenoxy) is 1. The molecule has 0 saturated carbocycles. The maximum Gasteiger partial charge on any atom is 0.328 e. The predicted molar refractivity (Wildman–Crippen MR) is 166 cm³/mol. The fourth-order valence-corrected chi connectivity index (χ4v) is 6.75. The van der Waals surface area contributed by atoms with Crippen LogP contribution in [0.5, 0.6) is 0 Å². The Morgan fingerprint density at radius 2 is 1.30 bits per heavy atom. The molecule has 3 amide bonds. The summed E-state index contributed by atoms with van der Waals surface area (Å²) >= 11 is 0. The lowest BCUT2D eigenvalue weighted by Crippen LogP contribution is -2.60. The third kappa shape index (κ3) is 5.64. The van der Waals surface area contributed by atoms with Gasteiger partial charge in [0.15, 0.2) is 0 Å². The highest BCUT2D eigenvalue weighted by Crippen LogP contribution is 2.48. The van der Waals surface area contributed by atoms with Gasteiger partial charge >= 0.3 is 12.0 Å². The smallest absolute Gasteiger partial charge is 0.328 e. The molecule has 0 radical (unpaired) electrons.